The molecule has 0 spiro atoms. The van der Waals surface area contributed by atoms with E-state index in [0.717, 1.165) is 26.1 Å². The first-order valence-electron chi connectivity index (χ1n) is 6.48. The van der Waals surface area contributed by atoms with Crippen LogP contribution in [0, 0.1) is 0 Å². The van der Waals surface area contributed by atoms with Crippen molar-refractivity contribution in [3.8, 4) is 0 Å². The molecule has 2 N–H and O–H groups in total. The van der Waals surface area contributed by atoms with Crippen molar-refractivity contribution in [2.45, 2.75) is 44.7 Å². The predicted molar refractivity (Wildman–Crippen MR) is 64.1 cm³/mol. The molecule has 92 valence electrons. The lowest BCUT2D eigenvalue weighted by atomic mass is 10.1. The number of fused-ring (bicyclic) bond motifs is 1. The molecule has 2 fully saturated rings. The van der Waals surface area contributed by atoms with E-state index in [4.69, 9.17) is 5.73 Å². The summed E-state index contributed by atoms with van der Waals surface area (Å²) in [6.07, 6.45) is 3.95. The average molecular weight is 225 g/mol. The molecule has 0 saturated carbocycles. The van der Waals surface area contributed by atoms with Crippen LogP contribution in [0.3, 0.4) is 0 Å². The number of rotatable bonds is 3. The van der Waals surface area contributed by atoms with Crippen molar-refractivity contribution >= 4 is 5.91 Å². The molecule has 0 aromatic rings. The molecule has 0 bridgehead atoms. The van der Waals surface area contributed by atoms with Gasteiger partial charge in [0.05, 0.1) is 0 Å². The Morgan fingerprint density at radius 3 is 3.00 bits per heavy atom. The maximum atomic E-state index is 12.0. The molecule has 0 aromatic carbocycles. The largest absolute Gasteiger partial charge is 0.340 e. The fourth-order valence-corrected chi connectivity index (χ4v) is 2.72. The highest BCUT2D eigenvalue weighted by Gasteiger charge is 2.32. The highest BCUT2D eigenvalue weighted by atomic mass is 16.2. The van der Waals surface area contributed by atoms with Crippen molar-refractivity contribution in [1.82, 2.24) is 9.80 Å². The molecular formula is C12H23N3O. The quantitative estimate of drug-likeness (QED) is 0.757. The van der Waals surface area contributed by atoms with Gasteiger partial charge in [0.25, 0.3) is 0 Å². The standard InChI is InChI=1S/C12H23N3O/c1-2-10(13)8-12(16)15-7-6-14-5-3-4-11(14)9-15/h10-11H,2-9,13H2,1H3. The predicted octanol–water partition coefficient (Wildman–Crippen LogP) is 0.420. The zero-order valence-corrected chi connectivity index (χ0v) is 10.2. The van der Waals surface area contributed by atoms with Crippen LogP contribution in [-0.2, 0) is 4.79 Å². The van der Waals surface area contributed by atoms with E-state index in [9.17, 15) is 4.79 Å². The van der Waals surface area contributed by atoms with Gasteiger partial charge in [-0.1, -0.05) is 6.92 Å². The van der Waals surface area contributed by atoms with Crippen LogP contribution in [0.5, 0.6) is 0 Å². The molecule has 2 saturated heterocycles. The monoisotopic (exact) mass is 225 g/mol. The van der Waals surface area contributed by atoms with Crippen molar-refractivity contribution in [1.29, 1.82) is 0 Å². The van der Waals surface area contributed by atoms with E-state index in [1.165, 1.54) is 19.4 Å². The van der Waals surface area contributed by atoms with Gasteiger partial charge in [-0.3, -0.25) is 9.69 Å². The lowest BCUT2D eigenvalue weighted by molar-refractivity contribution is -0.134. The van der Waals surface area contributed by atoms with Gasteiger partial charge in [0, 0.05) is 38.1 Å². The minimum Gasteiger partial charge on any atom is -0.340 e. The molecule has 4 heteroatoms. The summed E-state index contributed by atoms with van der Waals surface area (Å²) in [5, 5.41) is 0. The van der Waals surface area contributed by atoms with E-state index in [-0.39, 0.29) is 11.9 Å². The van der Waals surface area contributed by atoms with Crippen LogP contribution in [0.4, 0.5) is 0 Å². The molecule has 4 nitrogen and oxygen atoms in total. The first kappa shape index (κ1) is 11.9. The molecule has 2 aliphatic rings. The Morgan fingerprint density at radius 2 is 2.25 bits per heavy atom. The normalized spacial score (nSPS) is 27.9. The first-order valence-corrected chi connectivity index (χ1v) is 6.48. The highest BCUT2D eigenvalue weighted by molar-refractivity contribution is 5.77. The van der Waals surface area contributed by atoms with E-state index >= 15 is 0 Å². The van der Waals surface area contributed by atoms with Gasteiger partial charge in [0.15, 0.2) is 0 Å². The summed E-state index contributed by atoms with van der Waals surface area (Å²) in [5.41, 5.74) is 5.83. The van der Waals surface area contributed by atoms with Crippen molar-refractivity contribution in [2.24, 2.45) is 5.73 Å². The smallest absolute Gasteiger partial charge is 0.224 e. The minimum atomic E-state index is 0.0362. The number of amides is 1. The zero-order valence-electron chi connectivity index (χ0n) is 10.2. The van der Waals surface area contributed by atoms with Crippen molar-refractivity contribution in [3.63, 3.8) is 0 Å². The third-order valence-corrected chi connectivity index (χ3v) is 3.90. The Kier molecular flexibility index (Phi) is 3.82. The van der Waals surface area contributed by atoms with Gasteiger partial charge in [-0.25, -0.2) is 0 Å². The van der Waals surface area contributed by atoms with E-state index in [2.05, 4.69) is 4.90 Å². The fourth-order valence-electron chi connectivity index (χ4n) is 2.72. The minimum absolute atomic E-state index is 0.0362. The molecule has 16 heavy (non-hydrogen) atoms. The molecule has 2 aliphatic heterocycles. The topological polar surface area (TPSA) is 49.6 Å². The highest BCUT2D eigenvalue weighted by Crippen LogP contribution is 2.21. The number of nitrogens with two attached hydrogens (primary N) is 1. The Balaban J connectivity index is 1.84. The van der Waals surface area contributed by atoms with Gasteiger partial charge in [0.1, 0.15) is 0 Å². The van der Waals surface area contributed by atoms with Gasteiger partial charge in [-0.2, -0.15) is 0 Å². The lowest BCUT2D eigenvalue weighted by Crippen LogP contribution is -2.52. The van der Waals surface area contributed by atoms with E-state index in [1.54, 1.807) is 0 Å². The van der Waals surface area contributed by atoms with Crippen molar-refractivity contribution in [2.75, 3.05) is 26.2 Å². The number of nitrogens with zero attached hydrogens (tertiary/aromatic N) is 2. The third kappa shape index (κ3) is 2.55. The van der Waals surface area contributed by atoms with E-state index < -0.39 is 0 Å². The lowest BCUT2D eigenvalue weighted by Gasteiger charge is -2.37. The fraction of sp³-hybridized carbons (Fsp3) is 0.917. The summed E-state index contributed by atoms with van der Waals surface area (Å²) in [6, 6.07) is 0.657. The number of piperazine rings is 1. The summed E-state index contributed by atoms with van der Waals surface area (Å²) >= 11 is 0. The van der Waals surface area contributed by atoms with Crippen molar-refractivity contribution in [3.05, 3.63) is 0 Å². The van der Waals surface area contributed by atoms with Crippen LogP contribution in [-0.4, -0.2) is 54.0 Å². The Hall–Kier alpha value is -0.610. The third-order valence-electron chi connectivity index (χ3n) is 3.90. The Labute approximate surface area is 97.8 Å². The van der Waals surface area contributed by atoms with E-state index in [1.807, 2.05) is 11.8 Å². The summed E-state index contributed by atoms with van der Waals surface area (Å²) in [6.45, 7) is 6.13. The molecule has 1 amide bonds. The maximum Gasteiger partial charge on any atom is 0.224 e. The zero-order chi connectivity index (χ0) is 11.5. The van der Waals surface area contributed by atoms with Gasteiger partial charge in [-0.15, -0.1) is 0 Å². The van der Waals surface area contributed by atoms with Crippen LogP contribution < -0.4 is 5.73 Å². The molecular weight excluding hydrogens is 202 g/mol. The van der Waals surface area contributed by atoms with Crippen LogP contribution in [0.15, 0.2) is 0 Å². The van der Waals surface area contributed by atoms with Gasteiger partial charge >= 0.3 is 0 Å². The molecule has 2 heterocycles. The molecule has 2 unspecified atom stereocenters. The van der Waals surface area contributed by atoms with Crippen LogP contribution >= 0.6 is 0 Å². The van der Waals surface area contributed by atoms with Crippen LogP contribution in [0.1, 0.15) is 32.6 Å². The summed E-state index contributed by atoms with van der Waals surface area (Å²) < 4.78 is 0. The number of hydrogen-bond acceptors (Lipinski definition) is 3. The second-order valence-corrected chi connectivity index (χ2v) is 5.04. The second kappa shape index (κ2) is 5.15. The van der Waals surface area contributed by atoms with Gasteiger partial charge in [-0.05, 0) is 25.8 Å². The second-order valence-electron chi connectivity index (χ2n) is 5.04. The molecule has 2 rings (SSSR count). The summed E-state index contributed by atoms with van der Waals surface area (Å²) in [4.78, 5) is 16.5. The molecule has 2 atom stereocenters. The first-order chi connectivity index (χ1) is 7.70. The van der Waals surface area contributed by atoms with Gasteiger partial charge in [0.2, 0.25) is 5.91 Å². The van der Waals surface area contributed by atoms with Crippen LogP contribution in [0.25, 0.3) is 0 Å². The van der Waals surface area contributed by atoms with E-state index in [0.29, 0.717) is 12.5 Å². The Morgan fingerprint density at radius 1 is 1.44 bits per heavy atom. The average Bonchev–Trinajstić information content (AvgIpc) is 2.75. The molecule has 0 aromatic heterocycles. The summed E-state index contributed by atoms with van der Waals surface area (Å²) in [7, 11) is 0. The van der Waals surface area contributed by atoms with Crippen molar-refractivity contribution < 1.29 is 4.79 Å². The van der Waals surface area contributed by atoms with Crippen LogP contribution in [0.2, 0.25) is 0 Å². The number of carbonyl (C=O) groups is 1. The molecule has 0 radical (unpaired) electrons. The Bertz CT molecular complexity index is 257. The molecule has 0 aliphatic carbocycles. The number of hydrogen-bond donors (Lipinski definition) is 1. The van der Waals surface area contributed by atoms with Gasteiger partial charge < -0.3 is 10.6 Å². The maximum absolute atomic E-state index is 12.0. The summed E-state index contributed by atoms with van der Waals surface area (Å²) in [5.74, 6) is 0.251. The SMILES string of the molecule is CCC(N)CC(=O)N1CCN2CCCC2C1. The number of carbonyl (C=O) groups excluding carboxylic acids is 1.